The van der Waals surface area contributed by atoms with Crippen molar-refractivity contribution in [3.05, 3.63) is 55.4 Å². The second-order valence-corrected chi connectivity index (χ2v) is 7.12. The normalized spacial score (nSPS) is 17.4. The molecule has 0 spiro atoms. The van der Waals surface area contributed by atoms with E-state index < -0.39 is 0 Å². The summed E-state index contributed by atoms with van der Waals surface area (Å²) in [6, 6.07) is 12.0. The highest BCUT2D eigenvalue weighted by Crippen LogP contribution is 2.15. The van der Waals surface area contributed by atoms with Crippen LogP contribution in [-0.2, 0) is 0 Å². The summed E-state index contributed by atoms with van der Waals surface area (Å²) < 4.78 is 0. The van der Waals surface area contributed by atoms with E-state index in [1.54, 1.807) is 0 Å². The lowest BCUT2D eigenvalue weighted by atomic mass is 10.0. The third kappa shape index (κ3) is 20.7. The summed E-state index contributed by atoms with van der Waals surface area (Å²) >= 11 is 0. The monoisotopic (exact) mass is 400 g/mol. The van der Waals surface area contributed by atoms with Crippen molar-refractivity contribution in [3.63, 3.8) is 0 Å². The van der Waals surface area contributed by atoms with Crippen LogP contribution in [0.25, 0.3) is 0 Å². The van der Waals surface area contributed by atoms with Gasteiger partial charge in [-0.15, -0.1) is 0 Å². The van der Waals surface area contributed by atoms with E-state index in [0.717, 1.165) is 20.0 Å². The van der Waals surface area contributed by atoms with Gasteiger partial charge in [0.15, 0.2) is 0 Å². The molecule has 2 saturated carbocycles. The smallest absolute Gasteiger partial charge is 0.119 e. The minimum atomic E-state index is 0.938. The Bertz CT molecular complexity index is 372. The molecule has 1 aromatic heterocycles. The molecule has 0 bridgehead atoms. The molecule has 2 aliphatic carbocycles. The van der Waals surface area contributed by atoms with Gasteiger partial charge in [-0.05, 0) is 0 Å². The van der Waals surface area contributed by atoms with Crippen molar-refractivity contribution < 1.29 is 0 Å². The molecule has 1 aliphatic heterocycles. The second-order valence-electron chi connectivity index (χ2n) is 7.12. The second kappa shape index (κ2) is 22.4. The number of rotatable bonds is 0. The lowest BCUT2D eigenvalue weighted by Gasteiger charge is -2.13. The molecular formula is C23H40N6. The van der Waals surface area contributed by atoms with Crippen LogP contribution in [0.5, 0.6) is 0 Å². The van der Waals surface area contributed by atoms with E-state index in [-0.39, 0.29) is 0 Å². The van der Waals surface area contributed by atoms with Gasteiger partial charge in [0.05, 0.1) is 0 Å². The Labute approximate surface area is 177 Å². The third-order valence-corrected chi connectivity index (χ3v) is 4.57. The number of aromatic nitrogens is 3. The first-order chi connectivity index (χ1) is 14.5. The van der Waals surface area contributed by atoms with Crippen LogP contribution in [-0.4, -0.2) is 35.0 Å². The first-order valence-corrected chi connectivity index (χ1v) is 11.2. The zero-order valence-electron chi connectivity index (χ0n) is 17.9. The van der Waals surface area contributed by atoms with Crippen molar-refractivity contribution in [2.75, 3.05) is 20.0 Å². The van der Waals surface area contributed by atoms with Crippen molar-refractivity contribution in [2.24, 2.45) is 0 Å². The van der Waals surface area contributed by atoms with Gasteiger partial charge in [-0.25, -0.2) is 15.0 Å². The molecule has 1 aromatic carbocycles. The van der Waals surface area contributed by atoms with E-state index >= 15 is 0 Å². The topological polar surface area (TPSA) is 74.8 Å². The third-order valence-electron chi connectivity index (χ3n) is 4.57. The van der Waals surface area contributed by atoms with Crippen LogP contribution in [0.3, 0.4) is 0 Å². The Morgan fingerprint density at radius 1 is 0.345 bits per heavy atom. The van der Waals surface area contributed by atoms with Crippen molar-refractivity contribution >= 4 is 0 Å². The molecule has 6 nitrogen and oxygen atoms in total. The van der Waals surface area contributed by atoms with E-state index in [9.17, 15) is 0 Å². The van der Waals surface area contributed by atoms with Crippen LogP contribution < -0.4 is 16.0 Å². The van der Waals surface area contributed by atoms with Gasteiger partial charge in [0.25, 0.3) is 0 Å². The number of nitrogens with zero attached hydrogens (tertiary/aromatic N) is 3. The van der Waals surface area contributed by atoms with Crippen molar-refractivity contribution in [2.45, 2.75) is 70.6 Å². The largest absolute Gasteiger partial charge is 0.292 e. The summed E-state index contributed by atoms with van der Waals surface area (Å²) in [4.78, 5) is 10.7. The molecule has 3 aliphatic rings. The van der Waals surface area contributed by atoms with Crippen molar-refractivity contribution in [3.8, 4) is 0 Å². The van der Waals surface area contributed by atoms with E-state index in [4.69, 9.17) is 0 Å². The molecule has 0 atom stereocenters. The molecule has 5 rings (SSSR count). The molecule has 1 saturated heterocycles. The molecule has 29 heavy (non-hydrogen) atoms. The Morgan fingerprint density at radius 2 is 0.552 bits per heavy atom. The molecule has 3 fully saturated rings. The van der Waals surface area contributed by atoms with Gasteiger partial charge in [0.2, 0.25) is 0 Å². The first-order valence-electron chi connectivity index (χ1n) is 11.2. The van der Waals surface area contributed by atoms with Crippen LogP contribution in [0, 0.1) is 0 Å². The summed E-state index contributed by atoms with van der Waals surface area (Å²) in [5.41, 5.74) is 0. The standard InChI is InChI=1S/C6H12.C6H6.C5H10.C3H9N3.C3H3N3/c2*1-2-4-6-5-3-1;1-2-4-5-3-1;2*1-4-2-6-3-5-1/h1-6H2;1-6H;1-5H2;4-6H,1-3H2;1-3H. The molecule has 6 heteroatoms. The van der Waals surface area contributed by atoms with E-state index in [2.05, 4.69) is 30.9 Å². The molecule has 0 amide bonds. The zero-order valence-corrected chi connectivity index (χ0v) is 17.9. The average molecular weight is 401 g/mol. The Kier molecular flexibility index (Phi) is 19.4. The van der Waals surface area contributed by atoms with Crippen LogP contribution >= 0.6 is 0 Å². The number of hydrogen-bond acceptors (Lipinski definition) is 6. The van der Waals surface area contributed by atoms with E-state index in [1.807, 2.05) is 36.4 Å². The van der Waals surface area contributed by atoms with E-state index in [1.165, 1.54) is 89.6 Å². The SMILES string of the molecule is C1CCCC1.C1CCCCC1.C1NCNCN1.c1ccccc1.c1ncncn1. The summed E-state index contributed by atoms with van der Waals surface area (Å²) in [5, 5.41) is 9.19. The Hall–Kier alpha value is -1.89. The molecule has 0 radical (unpaired) electrons. The zero-order chi connectivity index (χ0) is 20.5. The Morgan fingerprint density at radius 3 is 0.690 bits per heavy atom. The quantitative estimate of drug-likeness (QED) is 0.605. The minimum Gasteiger partial charge on any atom is -0.292 e. The highest BCUT2D eigenvalue weighted by atomic mass is 15.2. The van der Waals surface area contributed by atoms with Gasteiger partial charge in [0.1, 0.15) is 19.0 Å². The van der Waals surface area contributed by atoms with Crippen LogP contribution in [0.2, 0.25) is 0 Å². The molecule has 3 N–H and O–H groups in total. The average Bonchev–Trinajstić information content (AvgIpc) is 3.45. The summed E-state index contributed by atoms with van der Waals surface area (Å²) in [6.45, 7) is 2.81. The number of nitrogens with one attached hydrogen (secondary N) is 3. The predicted molar refractivity (Wildman–Crippen MR) is 121 cm³/mol. The molecular weight excluding hydrogens is 360 g/mol. The minimum absolute atomic E-state index is 0.938. The van der Waals surface area contributed by atoms with Crippen LogP contribution in [0.1, 0.15) is 70.6 Å². The summed E-state index contributed by atoms with van der Waals surface area (Å²) in [7, 11) is 0. The predicted octanol–water partition coefficient (Wildman–Crippen LogP) is 4.49. The van der Waals surface area contributed by atoms with Crippen LogP contribution in [0.4, 0.5) is 0 Å². The number of benzene rings is 1. The van der Waals surface area contributed by atoms with Gasteiger partial charge in [-0.2, -0.15) is 0 Å². The van der Waals surface area contributed by atoms with E-state index in [0.29, 0.717) is 0 Å². The molecule has 2 aromatic rings. The van der Waals surface area contributed by atoms with Gasteiger partial charge in [-0.3, -0.25) is 16.0 Å². The fourth-order valence-electron chi connectivity index (χ4n) is 2.99. The maximum atomic E-state index is 3.56. The lowest BCUT2D eigenvalue weighted by Crippen LogP contribution is -2.47. The summed E-state index contributed by atoms with van der Waals surface area (Å²) in [6.07, 6.45) is 20.8. The lowest BCUT2D eigenvalue weighted by molar-refractivity contribution is 0.443. The maximum Gasteiger partial charge on any atom is 0.119 e. The maximum absolute atomic E-state index is 3.56. The van der Waals surface area contributed by atoms with Gasteiger partial charge in [-0.1, -0.05) is 107 Å². The fraction of sp³-hybridized carbons (Fsp3) is 0.609. The van der Waals surface area contributed by atoms with Crippen LogP contribution in [0.15, 0.2) is 55.4 Å². The molecule has 0 unspecified atom stereocenters. The molecule has 162 valence electrons. The van der Waals surface area contributed by atoms with Gasteiger partial charge < -0.3 is 0 Å². The highest BCUT2D eigenvalue weighted by Gasteiger charge is 1.96. The first kappa shape index (κ1) is 25.1. The summed E-state index contributed by atoms with van der Waals surface area (Å²) in [5.74, 6) is 0. The molecule has 2 heterocycles. The van der Waals surface area contributed by atoms with Gasteiger partial charge >= 0.3 is 0 Å². The van der Waals surface area contributed by atoms with Crippen molar-refractivity contribution in [1.82, 2.24) is 30.9 Å². The van der Waals surface area contributed by atoms with Gasteiger partial charge in [0, 0.05) is 20.0 Å². The fourth-order valence-corrected chi connectivity index (χ4v) is 2.99. The highest BCUT2D eigenvalue weighted by molar-refractivity contribution is 4.99. The Balaban J connectivity index is 0.000000182. The number of hydrogen-bond donors (Lipinski definition) is 3. The van der Waals surface area contributed by atoms with Crippen molar-refractivity contribution in [1.29, 1.82) is 0 Å².